The van der Waals surface area contributed by atoms with Gasteiger partial charge in [0.2, 0.25) is 0 Å². The third kappa shape index (κ3) is 5.90. The van der Waals surface area contributed by atoms with Crippen molar-refractivity contribution >= 4 is 46.0 Å². The smallest absolute Gasteiger partial charge is 0.410 e. The number of benzene rings is 1. The number of halogens is 2. The highest BCUT2D eigenvalue weighted by molar-refractivity contribution is 6.45. The zero-order valence-corrected chi connectivity index (χ0v) is 28.3. The number of amides is 1. The molecule has 3 aliphatic heterocycles. The van der Waals surface area contributed by atoms with Gasteiger partial charge in [0, 0.05) is 67.1 Å². The maximum absolute atomic E-state index is 12.8. The average Bonchev–Trinajstić information content (AvgIpc) is 3.54. The first-order valence-electron chi connectivity index (χ1n) is 15.9. The number of hydrogen-bond donors (Lipinski definition) is 1. The molecular weight excluding hydrogens is 601 g/mol. The maximum atomic E-state index is 12.8. The number of likely N-dealkylation sites (tertiary alicyclic amines) is 1. The number of hydrogen-bond acceptors (Lipinski definition) is 7. The number of anilines is 1. The van der Waals surface area contributed by atoms with Crippen molar-refractivity contribution in [2.24, 2.45) is 0 Å². The van der Waals surface area contributed by atoms with Crippen molar-refractivity contribution in [1.82, 2.24) is 29.8 Å². The lowest BCUT2D eigenvalue weighted by molar-refractivity contribution is -0.0366. The number of carbonyl (C=O) groups excluding carboxylic acids is 1. The summed E-state index contributed by atoms with van der Waals surface area (Å²) in [7, 11) is 0. The molecular formula is C32H45Cl2N7O3. The van der Waals surface area contributed by atoms with Crippen LogP contribution in [0.1, 0.15) is 84.7 Å². The van der Waals surface area contributed by atoms with E-state index in [1.165, 1.54) is 0 Å². The van der Waals surface area contributed by atoms with E-state index in [4.69, 9.17) is 42.9 Å². The van der Waals surface area contributed by atoms with Gasteiger partial charge in [0.1, 0.15) is 5.60 Å². The van der Waals surface area contributed by atoms with Crippen LogP contribution in [0.2, 0.25) is 10.0 Å². The Labute approximate surface area is 269 Å². The first-order chi connectivity index (χ1) is 20.9. The lowest BCUT2D eigenvalue weighted by Gasteiger charge is -2.43. The fourth-order valence-corrected chi connectivity index (χ4v) is 7.30. The Bertz CT molecular complexity index is 1530. The van der Waals surface area contributed by atoms with E-state index in [1.807, 2.05) is 37.7 Å². The molecule has 2 aromatic heterocycles. The predicted octanol–water partition coefficient (Wildman–Crippen LogP) is 6.97. The van der Waals surface area contributed by atoms with Crippen molar-refractivity contribution < 1.29 is 14.3 Å². The molecule has 5 heterocycles. The van der Waals surface area contributed by atoms with E-state index in [0.29, 0.717) is 23.1 Å². The number of carbonyl (C=O) groups is 1. The molecule has 1 atom stereocenters. The van der Waals surface area contributed by atoms with Crippen molar-refractivity contribution in [1.29, 1.82) is 0 Å². The molecule has 3 saturated heterocycles. The number of piperazine rings is 1. The molecule has 44 heavy (non-hydrogen) atoms. The van der Waals surface area contributed by atoms with Gasteiger partial charge in [-0.05, 0) is 79.7 Å². The van der Waals surface area contributed by atoms with Crippen LogP contribution < -0.4 is 10.2 Å². The summed E-state index contributed by atoms with van der Waals surface area (Å²) >= 11 is 14.0. The number of nitrogens with zero attached hydrogens (tertiary/aromatic N) is 6. The highest BCUT2D eigenvalue weighted by Gasteiger charge is 2.37. The van der Waals surface area contributed by atoms with Crippen LogP contribution in [0.25, 0.3) is 22.0 Å². The maximum Gasteiger partial charge on any atom is 0.410 e. The number of rotatable bonds is 4. The predicted molar refractivity (Wildman–Crippen MR) is 175 cm³/mol. The number of aromatic nitrogens is 4. The van der Waals surface area contributed by atoms with Crippen LogP contribution in [0.4, 0.5) is 10.6 Å². The van der Waals surface area contributed by atoms with Crippen LogP contribution in [0.3, 0.4) is 0 Å². The fraction of sp³-hybridized carbons (Fsp3) is 0.656. The molecule has 1 unspecified atom stereocenters. The summed E-state index contributed by atoms with van der Waals surface area (Å²) in [5.41, 5.74) is 3.07. The van der Waals surface area contributed by atoms with Gasteiger partial charge in [-0.3, -0.25) is 4.68 Å². The Kier molecular flexibility index (Phi) is 8.58. The van der Waals surface area contributed by atoms with Crippen LogP contribution in [-0.2, 0) is 9.47 Å². The van der Waals surface area contributed by atoms with E-state index in [-0.39, 0.29) is 23.9 Å². The zero-order valence-electron chi connectivity index (χ0n) is 26.8. The highest BCUT2D eigenvalue weighted by atomic mass is 35.5. The first-order valence-corrected chi connectivity index (χ1v) is 16.6. The lowest BCUT2D eigenvalue weighted by Crippen LogP contribution is -2.58. The minimum absolute atomic E-state index is 0.124. The molecule has 6 rings (SSSR count). The average molecular weight is 647 g/mol. The molecule has 0 saturated carbocycles. The third-order valence-corrected chi connectivity index (χ3v) is 9.91. The van der Waals surface area contributed by atoms with Gasteiger partial charge in [-0.25, -0.2) is 9.48 Å². The molecule has 10 nitrogen and oxygen atoms in total. The van der Waals surface area contributed by atoms with E-state index < -0.39 is 5.60 Å². The van der Waals surface area contributed by atoms with E-state index >= 15 is 0 Å². The normalized spacial score (nSPS) is 21.7. The third-order valence-electron chi connectivity index (χ3n) is 9.12. The molecule has 0 bridgehead atoms. The molecule has 3 aliphatic rings. The lowest BCUT2D eigenvalue weighted by atomic mass is 9.96. The SMILES string of the molecule is Cc1c(-c2c(Cl)c(Cl)cc3c2cnn3C2CCCCO2)c(N2CCNCC2(C)C)nn1C1CCN(C(=O)OC(C)(C)C)CC1. The number of piperidine rings is 1. The monoisotopic (exact) mass is 645 g/mol. The number of fused-ring (bicyclic) bond motifs is 1. The quantitative estimate of drug-likeness (QED) is 0.327. The van der Waals surface area contributed by atoms with E-state index in [9.17, 15) is 4.79 Å². The molecule has 3 fully saturated rings. The summed E-state index contributed by atoms with van der Waals surface area (Å²) in [6, 6.07) is 2.04. The molecule has 3 aromatic rings. The highest BCUT2D eigenvalue weighted by Crippen LogP contribution is 2.47. The minimum atomic E-state index is -0.523. The first kappa shape index (κ1) is 31.5. The van der Waals surface area contributed by atoms with Gasteiger partial charge in [-0.15, -0.1) is 0 Å². The second-order valence-corrected chi connectivity index (χ2v) is 14.7. The van der Waals surface area contributed by atoms with Gasteiger partial charge in [0.15, 0.2) is 12.0 Å². The van der Waals surface area contributed by atoms with Gasteiger partial charge < -0.3 is 24.6 Å². The summed E-state index contributed by atoms with van der Waals surface area (Å²) < 4.78 is 15.9. The summed E-state index contributed by atoms with van der Waals surface area (Å²) in [6.07, 6.45) is 6.14. The molecule has 0 radical (unpaired) electrons. The van der Waals surface area contributed by atoms with Gasteiger partial charge in [-0.1, -0.05) is 23.2 Å². The second-order valence-electron chi connectivity index (χ2n) is 14.0. The van der Waals surface area contributed by atoms with Gasteiger partial charge in [0.05, 0.1) is 27.8 Å². The summed E-state index contributed by atoms with van der Waals surface area (Å²) in [5.74, 6) is 0.899. The van der Waals surface area contributed by atoms with Crippen LogP contribution in [-0.4, -0.2) is 81.0 Å². The topological polar surface area (TPSA) is 89.7 Å². The standard InChI is InChI=1S/C32H45Cl2N7O3/c1-20-26(27-22-18-36-41(25-9-7-8-16-43-25)24(22)17-23(33)28(27)34)29(39-15-12-35-19-32(39,5)6)37-40(20)21-10-13-38(14-11-21)30(42)44-31(2,3)4/h17-18,21,25,35H,7-16,19H2,1-6H3. The van der Waals surface area contributed by atoms with Crippen LogP contribution in [0.5, 0.6) is 0 Å². The molecule has 12 heteroatoms. The van der Waals surface area contributed by atoms with Crippen molar-refractivity contribution in [2.75, 3.05) is 44.2 Å². The molecule has 1 aromatic carbocycles. The molecule has 0 aliphatic carbocycles. The van der Waals surface area contributed by atoms with E-state index in [2.05, 4.69) is 35.7 Å². The Hall–Kier alpha value is -2.53. The largest absolute Gasteiger partial charge is 0.444 e. The zero-order chi connectivity index (χ0) is 31.4. The van der Waals surface area contributed by atoms with Gasteiger partial charge in [0.25, 0.3) is 0 Å². The molecule has 0 spiro atoms. The van der Waals surface area contributed by atoms with Crippen molar-refractivity contribution in [3.05, 3.63) is 28.0 Å². The summed E-state index contributed by atoms with van der Waals surface area (Å²) in [5, 5.41) is 15.6. The Morgan fingerprint density at radius 2 is 1.84 bits per heavy atom. The van der Waals surface area contributed by atoms with Crippen molar-refractivity contribution in [2.45, 2.75) is 97.1 Å². The Balaban J connectivity index is 1.44. The van der Waals surface area contributed by atoms with E-state index in [1.54, 1.807) is 4.90 Å². The van der Waals surface area contributed by atoms with Crippen molar-refractivity contribution in [3.8, 4) is 11.1 Å². The minimum Gasteiger partial charge on any atom is -0.444 e. The van der Waals surface area contributed by atoms with Crippen LogP contribution in [0.15, 0.2) is 12.3 Å². The fourth-order valence-electron chi connectivity index (χ4n) is 6.86. The Morgan fingerprint density at radius 3 is 2.50 bits per heavy atom. The van der Waals surface area contributed by atoms with E-state index in [0.717, 1.165) is 91.9 Å². The molecule has 1 amide bonds. The van der Waals surface area contributed by atoms with Gasteiger partial charge >= 0.3 is 6.09 Å². The number of nitrogens with one attached hydrogen (secondary N) is 1. The Morgan fingerprint density at radius 1 is 1.09 bits per heavy atom. The second kappa shape index (κ2) is 12.0. The summed E-state index contributed by atoms with van der Waals surface area (Å²) in [4.78, 5) is 17.0. The number of ether oxygens (including phenoxy) is 2. The molecule has 240 valence electrons. The summed E-state index contributed by atoms with van der Waals surface area (Å²) in [6.45, 7) is 16.7. The van der Waals surface area contributed by atoms with Crippen LogP contribution in [0, 0.1) is 6.92 Å². The van der Waals surface area contributed by atoms with Gasteiger partial charge in [-0.2, -0.15) is 10.2 Å². The van der Waals surface area contributed by atoms with Crippen LogP contribution >= 0.6 is 23.2 Å². The van der Waals surface area contributed by atoms with Crippen molar-refractivity contribution in [3.63, 3.8) is 0 Å². The molecule has 1 N–H and O–H groups in total.